The van der Waals surface area contributed by atoms with Crippen LogP contribution in [0.1, 0.15) is 18.1 Å². The first kappa shape index (κ1) is 16.6. The lowest BCUT2D eigenvalue weighted by atomic mass is 9.97. The van der Waals surface area contributed by atoms with Crippen LogP contribution in [0.15, 0.2) is 29.3 Å². The number of aliphatic hydroxyl groups is 1. The molecular weight excluding hydrogens is 312 g/mol. The number of pyridine rings is 1. The Kier molecular flexibility index (Phi) is 5.07. The Hall–Kier alpha value is -2.74. The molecule has 1 atom stereocenters. The zero-order chi connectivity index (χ0) is 17.0. The summed E-state index contributed by atoms with van der Waals surface area (Å²) in [4.78, 5) is 3.91. The smallest absolute Gasteiger partial charge is 0.143 e. The summed E-state index contributed by atoms with van der Waals surface area (Å²) in [5.41, 5.74) is 7.12. The summed E-state index contributed by atoms with van der Waals surface area (Å²) in [7, 11) is 0. The number of aliphatic hydroxyl groups excluding tert-OH is 1. The van der Waals surface area contributed by atoms with E-state index in [0.29, 0.717) is 16.9 Å². The molecule has 1 aromatic heterocycles. The minimum Gasteiger partial charge on any atom is -0.488 e. The number of benzene rings is 1. The zero-order valence-corrected chi connectivity index (χ0v) is 13.2. The largest absolute Gasteiger partial charge is 0.488 e. The van der Waals surface area contributed by atoms with Gasteiger partial charge in [-0.1, -0.05) is 12.1 Å². The first-order valence-corrected chi connectivity index (χ1v) is 7.17. The molecule has 0 amide bonds. The zero-order valence-electron chi connectivity index (χ0n) is 12.3. The van der Waals surface area contributed by atoms with E-state index in [1.807, 2.05) is 12.1 Å². The number of nitrogens with two attached hydrogens (primary N) is 1. The molecule has 3 N–H and O–H groups in total. The molecule has 0 aliphatic carbocycles. The molecule has 0 spiro atoms. The Balaban J connectivity index is 2.54. The number of hydrogen-bond donors (Lipinski definition) is 3. The molecule has 7 heteroatoms. The van der Waals surface area contributed by atoms with E-state index < -0.39 is 0 Å². The number of anilines is 1. The fraction of sp³-hybridized carbons (Fsp3) is 0.188. The van der Waals surface area contributed by atoms with Gasteiger partial charge in [-0.3, -0.25) is 0 Å². The van der Waals surface area contributed by atoms with E-state index in [1.165, 1.54) is 0 Å². The summed E-state index contributed by atoms with van der Waals surface area (Å²) in [6.45, 7) is 1.65. The molecule has 0 bridgehead atoms. The number of nitrogens with zero attached hydrogens (tertiary/aromatic N) is 3. The molecule has 116 valence electrons. The van der Waals surface area contributed by atoms with Crippen molar-refractivity contribution in [3.05, 3.63) is 35.4 Å². The molecule has 2 rings (SSSR count). The molecule has 6 nitrogen and oxygen atoms in total. The van der Waals surface area contributed by atoms with Crippen LogP contribution in [0.5, 0.6) is 5.75 Å². The molecular formula is C16H14N4O2S. The topological polar surface area (TPSA) is 116 Å². The number of nitrogen functional groups attached to an aromatic ring is 1. The number of thiol groups is 1. The molecule has 23 heavy (non-hydrogen) atoms. The van der Waals surface area contributed by atoms with Gasteiger partial charge in [0.2, 0.25) is 0 Å². The second-order valence-electron chi connectivity index (χ2n) is 4.80. The van der Waals surface area contributed by atoms with Gasteiger partial charge in [-0.25, -0.2) is 4.98 Å². The van der Waals surface area contributed by atoms with Gasteiger partial charge in [0.05, 0.1) is 12.2 Å². The average molecular weight is 326 g/mol. The molecule has 0 aliphatic heterocycles. The van der Waals surface area contributed by atoms with Crippen molar-refractivity contribution < 1.29 is 9.84 Å². The van der Waals surface area contributed by atoms with E-state index in [1.54, 1.807) is 31.2 Å². The summed E-state index contributed by atoms with van der Waals surface area (Å²) in [5, 5.41) is 27.8. The fourth-order valence-corrected chi connectivity index (χ4v) is 2.34. The predicted molar refractivity (Wildman–Crippen MR) is 87.9 cm³/mol. The third-order valence-corrected chi connectivity index (χ3v) is 3.49. The van der Waals surface area contributed by atoms with Crippen LogP contribution in [0, 0.1) is 22.7 Å². The van der Waals surface area contributed by atoms with Gasteiger partial charge in [0, 0.05) is 5.56 Å². The summed E-state index contributed by atoms with van der Waals surface area (Å²) in [6.07, 6.45) is -0.328. The molecule has 0 fully saturated rings. The van der Waals surface area contributed by atoms with Crippen LogP contribution < -0.4 is 10.5 Å². The van der Waals surface area contributed by atoms with Gasteiger partial charge in [0.1, 0.15) is 40.4 Å². The van der Waals surface area contributed by atoms with Crippen molar-refractivity contribution in [1.29, 1.82) is 10.5 Å². The van der Waals surface area contributed by atoms with Crippen molar-refractivity contribution in [3.8, 4) is 29.0 Å². The van der Waals surface area contributed by atoms with Crippen molar-refractivity contribution in [3.63, 3.8) is 0 Å². The molecule has 2 aromatic rings. The fourth-order valence-electron chi connectivity index (χ4n) is 2.07. The van der Waals surface area contributed by atoms with Crippen molar-refractivity contribution in [1.82, 2.24) is 4.98 Å². The molecule has 1 aromatic carbocycles. The van der Waals surface area contributed by atoms with Crippen LogP contribution in [0.25, 0.3) is 11.1 Å². The monoisotopic (exact) mass is 326 g/mol. The Morgan fingerprint density at radius 1 is 1.26 bits per heavy atom. The van der Waals surface area contributed by atoms with Gasteiger partial charge < -0.3 is 15.6 Å². The minimum atomic E-state index is -0.328. The van der Waals surface area contributed by atoms with Crippen molar-refractivity contribution in [2.45, 2.75) is 18.1 Å². The highest BCUT2D eigenvalue weighted by atomic mass is 32.1. The van der Waals surface area contributed by atoms with Crippen molar-refractivity contribution in [2.75, 3.05) is 12.3 Å². The molecule has 0 saturated heterocycles. The Labute approximate surface area is 139 Å². The van der Waals surface area contributed by atoms with Crippen LogP contribution in [0.2, 0.25) is 0 Å². The van der Waals surface area contributed by atoms with Crippen LogP contribution in [0.3, 0.4) is 0 Å². The molecule has 0 unspecified atom stereocenters. The van der Waals surface area contributed by atoms with E-state index in [0.717, 1.165) is 0 Å². The minimum absolute atomic E-state index is 0.0285. The van der Waals surface area contributed by atoms with E-state index in [-0.39, 0.29) is 34.7 Å². The molecule has 0 radical (unpaired) electrons. The maximum atomic E-state index is 9.34. The quantitative estimate of drug-likeness (QED) is 0.741. The van der Waals surface area contributed by atoms with E-state index in [4.69, 9.17) is 15.6 Å². The maximum Gasteiger partial charge on any atom is 0.143 e. The Morgan fingerprint density at radius 3 is 2.39 bits per heavy atom. The van der Waals surface area contributed by atoms with E-state index in [2.05, 4.69) is 17.6 Å². The summed E-state index contributed by atoms with van der Waals surface area (Å²) in [6, 6.07) is 10.8. The highest BCUT2D eigenvalue weighted by molar-refractivity contribution is 7.80. The normalized spacial score (nSPS) is 11.3. The maximum absolute atomic E-state index is 9.34. The van der Waals surface area contributed by atoms with Crippen LogP contribution >= 0.6 is 12.6 Å². The number of ether oxygens (including phenoxy) is 1. The van der Waals surface area contributed by atoms with E-state index in [9.17, 15) is 10.5 Å². The predicted octanol–water partition coefficient (Wildman–Crippen LogP) is 2.12. The summed E-state index contributed by atoms with van der Waals surface area (Å²) in [5.74, 6) is 0.598. The van der Waals surface area contributed by atoms with Crippen molar-refractivity contribution >= 4 is 18.4 Å². The van der Waals surface area contributed by atoms with Crippen molar-refractivity contribution in [2.24, 2.45) is 0 Å². The third kappa shape index (κ3) is 3.37. The van der Waals surface area contributed by atoms with Gasteiger partial charge in [-0.2, -0.15) is 10.5 Å². The van der Waals surface area contributed by atoms with E-state index >= 15 is 0 Å². The second kappa shape index (κ2) is 7.01. The van der Waals surface area contributed by atoms with Gasteiger partial charge in [0.15, 0.2) is 0 Å². The van der Waals surface area contributed by atoms with Gasteiger partial charge >= 0.3 is 0 Å². The standard InChI is InChI=1S/C16H14N4O2S/c1-9(8-21)22-11-4-2-10(3-5-11)14-12(6-17)15(19)20-16(23)13(14)7-18/h2-5,9,21H,8H2,1H3,(H3,19,20,23)/t9-/m1/s1. The number of aromatic nitrogens is 1. The van der Waals surface area contributed by atoms with Crippen LogP contribution in [0.4, 0.5) is 5.82 Å². The Morgan fingerprint density at radius 2 is 1.87 bits per heavy atom. The average Bonchev–Trinajstić information content (AvgIpc) is 2.55. The number of nitriles is 2. The van der Waals surface area contributed by atoms with Gasteiger partial charge in [-0.15, -0.1) is 12.6 Å². The lowest BCUT2D eigenvalue weighted by Gasteiger charge is -2.14. The van der Waals surface area contributed by atoms with Crippen LogP contribution in [-0.2, 0) is 0 Å². The molecule has 1 heterocycles. The molecule has 0 aliphatic rings. The van der Waals surface area contributed by atoms with Crippen LogP contribution in [-0.4, -0.2) is 22.8 Å². The highest BCUT2D eigenvalue weighted by Crippen LogP contribution is 2.33. The lowest BCUT2D eigenvalue weighted by molar-refractivity contribution is 0.130. The summed E-state index contributed by atoms with van der Waals surface area (Å²) >= 11 is 4.16. The summed E-state index contributed by atoms with van der Waals surface area (Å²) < 4.78 is 5.48. The molecule has 0 saturated carbocycles. The third-order valence-electron chi connectivity index (χ3n) is 3.17. The Bertz CT molecular complexity index is 769. The first-order chi connectivity index (χ1) is 11.0. The first-order valence-electron chi connectivity index (χ1n) is 6.72. The highest BCUT2D eigenvalue weighted by Gasteiger charge is 2.18. The number of hydrogen-bond acceptors (Lipinski definition) is 7. The second-order valence-corrected chi connectivity index (χ2v) is 5.23. The van der Waals surface area contributed by atoms with Gasteiger partial charge in [-0.05, 0) is 24.6 Å². The SMILES string of the molecule is C[C@H](CO)Oc1ccc(-c2c(C#N)c(N)nc(S)c2C#N)cc1. The van der Waals surface area contributed by atoms with Gasteiger partial charge in [0.25, 0.3) is 0 Å². The lowest BCUT2D eigenvalue weighted by Crippen LogP contribution is -2.16. The number of rotatable bonds is 4.